The van der Waals surface area contributed by atoms with Gasteiger partial charge in [-0.25, -0.2) is 0 Å². The van der Waals surface area contributed by atoms with Gasteiger partial charge in [-0.15, -0.1) is 0 Å². The molecule has 0 rings (SSSR count). The SMILES string of the molecule is O=C([O-])O.O=C([O-])O.[Co+3].[NH-]CC[NH-]. The molecular weight excluding hydrogens is 231 g/mol. The fraction of sp³-hybridized carbons (Fsp3) is 0.500. The zero-order chi connectivity index (χ0) is 10.6. The van der Waals surface area contributed by atoms with Crippen LogP contribution in [0.4, 0.5) is 9.59 Å². The number of carboxylic acid groups (broad SMARTS) is 4. The second-order valence-electron chi connectivity index (χ2n) is 1.03. The third kappa shape index (κ3) is 785000. The summed E-state index contributed by atoms with van der Waals surface area (Å²) < 4.78 is 0. The van der Waals surface area contributed by atoms with Gasteiger partial charge in [-0.2, -0.15) is 13.1 Å². The van der Waals surface area contributed by atoms with E-state index in [0.717, 1.165) is 0 Å². The Balaban J connectivity index is -0.0000000450. The zero-order valence-corrected chi connectivity index (χ0v) is 7.32. The van der Waals surface area contributed by atoms with Crippen molar-refractivity contribution < 1.29 is 46.8 Å². The van der Waals surface area contributed by atoms with E-state index in [1.807, 2.05) is 0 Å². The van der Waals surface area contributed by atoms with Crippen molar-refractivity contribution in [1.82, 2.24) is 0 Å². The molecule has 0 heterocycles. The van der Waals surface area contributed by atoms with Crippen molar-refractivity contribution in [2.45, 2.75) is 0 Å². The van der Waals surface area contributed by atoms with E-state index < -0.39 is 12.3 Å². The minimum atomic E-state index is -2.08. The Labute approximate surface area is 84.3 Å². The van der Waals surface area contributed by atoms with Gasteiger partial charge in [-0.3, -0.25) is 0 Å². The summed E-state index contributed by atoms with van der Waals surface area (Å²) in [7, 11) is 0. The van der Waals surface area contributed by atoms with Crippen LogP contribution in [0, 0.1) is 0 Å². The first-order valence-electron chi connectivity index (χ1n) is 2.47. The molecule has 80 valence electrons. The van der Waals surface area contributed by atoms with E-state index in [1.165, 1.54) is 0 Å². The van der Waals surface area contributed by atoms with Gasteiger partial charge in [0.2, 0.25) is 12.3 Å². The van der Waals surface area contributed by atoms with Crippen LogP contribution in [0.25, 0.3) is 11.5 Å². The predicted molar refractivity (Wildman–Crippen MR) is 34.4 cm³/mol. The second-order valence-corrected chi connectivity index (χ2v) is 1.03. The van der Waals surface area contributed by atoms with E-state index in [4.69, 9.17) is 41.5 Å². The molecule has 0 aliphatic heterocycles. The summed E-state index contributed by atoms with van der Waals surface area (Å²) in [6.07, 6.45) is -4.17. The number of nitrogens with one attached hydrogen (secondary N) is 2. The Bertz CT molecular complexity index is 99.2. The van der Waals surface area contributed by atoms with Crippen LogP contribution in [0.2, 0.25) is 0 Å². The van der Waals surface area contributed by atoms with E-state index in [1.54, 1.807) is 0 Å². The Morgan fingerprint density at radius 3 is 1.08 bits per heavy atom. The first-order chi connectivity index (χ1) is 5.38. The van der Waals surface area contributed by atoms with Gasteiger partial charge in [-0.05, 0) is 0 Å². The average Bonchev–Trinajstić information content (AvgIpc) is 1.85. The molecule has 0 radical (unpaired) electrons. The average molecular weight is 239 g/mol. The topological polar surface area (TPSA) is 168 Å². The van der Waals surface area contributed by atoms with Crippen molar-refractivity contribution in [1.29, 1.82) is 0 Å². The Morgan fingerprint density at radius 2 is 1.08 bits per heavy atom. The molecule has 8 nitrogen and oxygen atoms in total. The quantitative estimate of drug-likeness (QED) is 0.585. The van der Waals surface area contributed by atoms with Gasteiger partial charge in [0.15, 0.2) is 0 Å². The van der Waals surface area contributed by atoms with Gasteiger partial charge < -0.3 is 41.5 Å². The van der Waals surface area contributed by atoms with Crippen LogP contribution in [0.5, 0.6) is 0 Å². The van der Waals surface area contributed by atoms with E-state index in [-0.39, 0.29) is 29.9 Å². The van der Waals surface area contributed by atoms with Crippen LogP contribution < -0.4 is 10.2 Å². The number of hydrogen-bond acceptors (Lipinski definition) is 4. The molecule has 0 atom stereocenters. The molecule has 0 aromatic heterocycles. The van der Waals surface area contributed by atoms with Gasteiger partial charge in [0.1, 0.15) is 0 Å². The molecule has 0 aliphatic rings. The Kier molecular flexibility index (Phi) is 39.2. The van der Waals surface area contributed by atoms with Crippen molar-refractivity contribution in [3.8, 4) is 0 Å². The molecular formula is C4H8CoN2O6-. The molecule has 0 unspecified atom stereocenters. The van der Waals surface area contributed by atoms with Crippen molar-refractivity contribution in [3.05, 3.63) is 11.5 Å². The van der Waals surface area contributed by atoms with E-state index in [9.17, 15) is 0 Å². The predicted octanol–water partition coefficient (Wildman–Crippen LogP) is -1.14. The van der Waals surface area contributed by atoms with E-state index in [2.05, 4.69) is 0 Å². The molecule has 0 saturated carbocycles. The maximum absolute atomic E-state index is 8.44. The molecule has 13 heavy (non-hydrogen) atoms. The first kappa shape index (κ1) is 22.7. The minimum Gasteiger partial charge on any atom is -0.679 e. The van der Waals surface area contributed by atoms with Crippen molar-refractivity contribution in [2.75, 3.05) is 13.1 Å². The minimum absolute atomic E-state index is 0. The largest absolute Gasteiger partial charge is 3.00 e. The maximum Gasteiger partial charge on any atom is 3.00 e. The maximum atomic E-state index is 8.44. The third-order valence-electron chi connectivity index (χ3n) is 0.125. The summed E-state index contributed by atoms with van der Waals surface area (Å²) in [5, 5.41) is 30.6. The summed E-state index contributed by atoms with van der Waals surface area (Å²) in [6, 6.07) is 0. The zero-order valence-electron chi connectivity index (χ0n) is 6.27. The fourth-order valence-corrected chi connectivity index (χ4v) is 0. The van der Waals surface area contributed by atoms with Crippen LogP contribution in [0.3, 0.4) is 0 Å². The summed E-state index contributed by atoms with van der Waals surface area (Å²) in [5.74, 6) is 0. The molecule has 0 aromatic carbocycles. The van der Waals surface area contributed by atoms with Crippen molar-refractivity contribution in [2.24, 2.45) is 0 Å². The van der Waals surface area contributed by atoms with E-state index >= 15 is 0 Å². The summed E-state index contributed by atoms with van der Waals surface area (Å²) >= 11 is 0. The smallest absolute Gasteiger partial charge is 0.679 e. The Hall–Kier alpha value is -1.03. The second kappa shape index (κ2) is 22.4. The normalized spacial score (nSPS) is 6.00. The summed E-state index contributed by atoms with van der Waals surface area (Å²) in [5.41, 5.74) is 12.5. The number of carbonyl (C=O) groups is 2. The molecule has 4 N–H and O–H groups in total. The van der Waals surface area contributed by atoms with Gasteiger partial charge >= 0.3 is 16.8 Å². The molecule has 0 spiro atoms. The summed E-state index contributed by atoms with van der Waals surface area (Å²) in [6.45, 7) is 0.472. The monoisotopic (exact) mass is 239 g/mol. The summed E-state index contributed by atoms with van der Waals surface area (Å²) in [4.78, 5) is 16.9. The Morgan fingerprint density at radius 1 is 1.00 bits per heavy atom. The van der Waals surface area contributed by atoms with Gasteiger partial charge in [0.05, 0.1) is 0 Å². The number of rotatable bonds is 1. The van der Waals surface area contributed by atoms with Crippen molar-refractivity contribution >= 4 is 12.3 Å². The molecule has 0 bridgehead atoms. The van der Waals surface area contributed by atoms with Gasteiger partial charge in [0, 0.05) is 0 Å². The fourth-order valence-electron chi connectivity index (χ4n) is 0. The molecule has 0 saturated heterocycles. The van der Waals surface area contributed by atoms with Gasteiger partial charge in [0.25, 0.3) is 0 Å². The molecule has 0 amide bonds. The molecule has 0 fully saturated rings. The number of hydrogen-bond donors (Lipinski definition) is 2. The van der Waals surface area contributed by atoms with Gasteiger partial charge in [-0.1, -0.05) is 0 Å². The molecule has 0 aromatic rings. The molecule has 9 heteroatoms. The molecule has 0 aliphatic carbocycles. The van der Waals surface area contributed by atoms with E-state index in [0.29, 0.717) is 0 Å². The standard InChI is InChI=1S/C2H6N2.2CH2O3.Co/c3-1-2-4;2*2-1(3)4;/h3-4H,1-2H2;2*(H2,2,3,4);/q-2;;;+3/p-2. The first-order valence-corrected chi connectivity index (χ1v) is 2.47. The third-order valence-corrected chi connectivity index (χ3v) is 0.125. The van der Waals surface area contributed by atoms with Crippen LogP contribution >= 0.6 is 0 Å². The van der Waals surface area contributed by atoms with Crippen LogP contribution in [-0.2, 0) is 16.8 Å². The van der Waals surface area contributed by atoms with Crippen LogP contribution in [0.15, 0.2) is 0 Å². The van der Waals surface area contributed by atoms with Crippen molar-refractivity contribution in [3.63, 3.8) is 0 Å². The van der Waals surface area contributed by atoms with Crippen LogP contribution in [-0.4, -0.2) is 35.6 Å². The van der Waals surface area contributed by atoms with Crippen LogP contribution in [0.1, 0.15) is 0 Å².